The molecule has 2 N–H and O–H groups in total. The Labute approximate surface area is 120 Å². The van der Waals surface area contributed by atoms with Gasteiger partial charge in [-0.05, 0) is 25.2 Å². The zero-order valence-electron chi connectivity index (χ0n) is 12.3. The predicted molar refractivity (Wildman–Crippen MR) is 79.2 cm³/mol. The molecule has 1 aromatic heterocycles. The van der Waals surface area contributed by atoms with Crippen LogP contribution in [0.4, 0.5) is 4.79 Å². The molecule has 1 atom stereocenters. The van der Waals surface area contributed by atoms with Crippen LogP contribution in [0.5, 0.6) is 0 Å². The summed E-state index contributed by atoms with van der Waals surface area (Å²) in [6.45, 7) is 5.71. The van der Waals surface area contributed by atoms with E-state index in [2.05, 4.69) is 46.2 Å². The first kappa shape index (κ1) is 14.6. The first-order valence-corrected chi connectivity index (χ1v) is 7.36. The van der Waals surface area contributed by atoms with Crippen molar-refractivity contribution in [3.8, 4) is 0 Å². The largest absolute Gasteiger partial charge is 0.333 e. The summed E-state index contributed by atoms with van der Waals surface area (Å²) in [6, 6.07) is 0.0415. The van der Waals surface area contributed by atoms with Gasteiger partial charge in [0.15, 0.2) is 0 Å². The Morgan fingerprint density at radius 3 is 3.10 bits per heavy atom. The van der Waals surface area contributed by atoms with E-state index in [1.165, 1.54) is 0 Å². The lowest BCUT2D eigenvalue weighted by atomic mass is 10.0. The number of urea groups is 1. The van der Waals surface area contributed by atoms with Gasteiger partial charge in [-0.2, -0.15) is 0 Å². The second-order valence-corrected chi connectivity index (χ2v) is 5.68. The van der Waals surface area contributed by atoms with E-state index in [0.717, 1.165) is 31.6 Å². The molecular weight excluding hydrogens is 252 g/mol. The first-order valence-electron chi connectivity index (χ1n) is 7.36. The molecule has 1 heterocycles. The minimum Gasteiger partial charge on any atom is -0.333 e. The first-order chi connectivity index (χ1) is 9.65. The summed E-state index contributed by atoms with van der Waals surface area (Å²) >= 11 is 0. The maximum atomic E-state index is 11.8. The number of rotatable bonds is 5. The molecule has 1 aromatic rings. The van der Waals surface area contributed by atoms with Gasteiger partial charge in [-0.25, -0.2) is 9.78 Å². The number of nitrogens with zero attached hydrogens (tertiary/aromatic N) is 2. The molecule has 0 saturated carbocycles. The van der Waals surface area contributed by atoms with E-state index in [4.69, 9.17) is 0 Å². The fraction of sp³-hybridized carbons (Fsp3) is 0.600. The Hall–Kier alpha value is -1.78. The van der Waals surface area contributed by atoms with Crippen molar-refractivity contribution < 1.29 is 4.79 Å². The summed E-state index contributed by atoms with van der Waals surface area (Å²) < 4.78 is 2.09. The van der Waals surface area contributed by atoms with Crippen molar-refractivity contribution >= 4 is 6.03 Å². The van der Waals surface area contributed by atoms with Crippen molar-refractivity contribution in [1.29, 1.82) is 0 Å². The molecule has 5 heteroatoms. The van der Waals surface area contributed by atoms with Gasteiger partial charge < -0.3 is 15.2 Å². The highest BCUT2D eigenvalue weighted by Gasteiger charge is 2.12. The molecule has 0 aliphatic heterocycles. The summed E-state index contributed by atoms with van der Waals surface area (Å²) in [6.07, 6.45) is 11.2. The molecule has 0 spiro atoms. The van der Waals surface area contributed by atoms with E-state index in [9.17, 15) is 4.79 Å². The van der Waals surface area contributed by atoms with Crippen molar-refractivity contribution in [3.05, 3.63) is 30.4 Å². The number of nitrogens with one attached hydrogen (secondary N) is 2. The van der Waals surface area contributed by atoms with E-state index < -0.39 is 0 Å². The van der Waals surface area contributed by atoms with Gasteiger partial charge in [0.1, 0.15) is 5.82 Å². The maximum Gasteiger partial charge on any atom is 0.315 e. The van der Waals surface area contributed by atoms with Gasteiger partial charge in [0.2, 0.25) is 0 Å². The smallest absolute Gasteiger partial charge is 0.315 e. The summed E-state index contributed by atoms with van der Waals surface area (Å²) in [7, 11) is 0. The van der Waals surface area contributed by atoms with Crippen LogP contribution < -0.4 is 10.6 Å². The van der Waals surface area contributed by atoms with Crippen LogP contribution in [0.2, 0.25) is 0 Å². The van der Waals surface area contributed by atoms with E-state index in [0.29, 0.717) is 12.5 Å². The molecule has 1 aliphatic rings. The number of amides is 2. The quantitative estimate of drug-likeness (QED) is 0.812. The molecule has 1 aliphatic carbocycles. The SMILES string of the molecule is CC(C)Cn1ccnc1CNC(=O)NC1C=CCCC1. The number of imidazole rings is 1. The predicted octanol–water partition coefficient (Wildman–Crippen LogP) is 2.45. The summed E-state index contributed by atoms with van der Waals surface area (Å²) in [5.74, 6) is 1.46. The van der Waals surface area contributed by atoms with Crippen LogP contribution in [0, 0.1) is 5.92 Å². The molecule has 20 heavy (non-hydrogen) atoms. The van der Waals surface area contributed by atoms with Crippen LogP contribution in [-0.4, -0.2) is 21.6 Å². The van der Waals surface area contributed by atoms with Crippen molar-refractivity contribution in [2.75, 3.05) is 0 Å². The molecule has 2 rings (SSSR count). The zero-order valence-corrected chi connectivity index (χ0v) is 12.3. The zero-order chi connectivity index (χ0) is 14.4. The Balaban J connectivity index is 1.79. The van der Waals surface area contributed by atoms with Gasteiger partial charge in [0.05, 0.1) is 6.54 Å². The Kier molecular flexibility index (Phi) is 5.21. The van der Waals surface area contributed by atoms with Crippen LogP contribution in [0.25, 0.3) is 0 Å². The van der Waals surface area contributed by atoms with Gasteiger partial charge in [0, 0.05) is 25.0 Å². The normalized spacial score (nSPS) is 18.2. The van der Waals surface area contributed by atoms with Gasteiger partial charge >= 0.3 is 6.03 Å². The van der Waals surface area contributed by atoms with Gasteiger partial charge in [-0.3, -0.25) is 0 Å². The van der Waals surface area contributed by atoms with E-state index >= 15 is 0 Å². The molecule has 0 fully saturated rings. The molecule has 110 valence electrons. The molecule has 0 bridgehead atoms. The molecule has 0 saturated heterocycles. The number of aromatic nitrogens is 2. The lowest BCUT2D eigenvalue weighted by Gasteiger charge is -2.18. The highest BCUT2D eigenvalue weighted by Crippen LogP contribution is 2.09. The number of hydrogen-bond acceptors (Lipinski definition) is 2. The number of carbonyl (C=O) groups is 1. The van der Waals surface area contributed by atoms with E-state index in [1.807, 2.05) is 6.20 Å². The Morgan fingerprint density at radius 1 is 1.55 bits per heavy atom. The average molecular weight is 276 g/mol. The molecule has 2 amide bonds. The standard InChI is InChI=1S/C15H24N4O/c1-12(2)11-19-9-8-16-14(19)10-17-15(20)18-13-6-4-3-5-7-13/h4,6,8-9,12-13H,3,5,7,10-11H2,1-2H3,(H2,17,18,20). The van der Waals surface area contributed by atoms with Crippen molar-refractivity contribution in [3.63, 3.8) is 0 Å². The Bertz CT molecular complexity index is 464. The second kappa shape index (κ2) is 7.12. The number of hydrogen-bond donors (Lipinski definition) is 2. The number of carbonyl (C=O) groups excluding carboxylic acids is 1. The summed E-state index contributed by atoms with van der Waals surface area (Å²) in [5, 5.41) is 5.85. The fourth-order valence-electron chi connectivity index (χ4n) is 2.38. The fourth-order valence-corrected chi connectivity index (χ4v) is 2.38. The molecule has 1 unspecified atom stereocenters. The average Bonchev–Trinajstić information content (AvgIpc) is 2.84. The monoisotopic (exact) mass is 276 g/mol. The van der Waals surface area contributed by atoms with Crippen molar-refractivity contribution in [2.24, 2.45) is 5.92 Å². The third-order valence-electron chi connectivity index (χ3n) is 3.34. The number of allylic oxidation sites excluding steroid dienone is 1. The van der Waals surface area contributed by atoms with Crippen LogP contribution >= 0.6 is 0 Å². The van der Waals surface area contributed by atoms with Gasteiger partial charge in [0.25, 0.3) is 0 Å². The highest BCUT2D eigenvalue weighted by molar-refractivity contribution is 5.74. The third kappa shape index (κ3) is 4.40. The minimum atomic E-state index is -0.124. The van der Waals surface area contributed by atoms with Crippen LogP contribution in [0.1, 0.15) is 38.9 Å². The Morgan fingerprint density at radius 2 is 2.40 bits per heavy atom. The van der Waals surface area contributed by atoms with E-state index in [-0.39, 0.29) is 12.1 Å². The van der Waals surface area contributed by atoms with Gasteiger partial charge in [-0.15, -0.1) is 0 Å². The second-order valence-electron chi connectivity index (χ2n) is 5.68. The lowest BCUT2D eigenvalue weighted by Crippen LogP contribution is -2.41. The maximum absolute atomic E-state index is 11.8. The molecule has 0 aromatic carbocycles. The summed E-state index contributed by atoms with van der Waals surface area (Å²) in [5.41, 5.74) is 0. The lowest BCUT2D eigenvalue weighted by molar-refractivity contribution is 0.237. The van der Waals surface area contributed by atoms with Crippen LogP contribution in [0.15, 0.2) is 24.5 Å². The third-order valence-corrected chi connectivity index (χ3v) is 3.34. The topological polar surface area (TPSA) is 59.0 Å². The minimum absolute atomic E-state index is 0.124. The highest BCUT2D eigenvalue weighted by atomic mass is 16.2. The molecule has 5 nitrogen and oxygen atoms in total. The van der Waals surface area contributed by atoms with Crippen molar-refractivity contribution in [1.82, 2.24) is 20.2 Å². The van der Waals surface area contributed by atoms with Crippen molar-refractivity contribution in [2.45, 2.75) is 52.2 Å². The molecule has 0 radical (unpaired) electrons. The van der Waals surface area contributed by atoms with E-state index in [1.54, 1.807) is 6.20 Å². The molecular formula is C15H24N4O. The van der Waals surface area contributed by atoms with Gasteiger partial charge in [-0.1, -0.05) is 26.0 Å². The van der Waals surface area contributed by atoms with Crippen LogP contribution in [-0.2, 0) is 13.1 Å². The van der Waals surface area contributed by atoms with Crippen LogP contribution in [0.3, 0.4) is 0 Å². The summed E-state index contributed by atoms with van der Waals surface area (Å²) in [4.78, 5) is 16.1.